The zero-order chi connectivity index (χ0) is 17.2. The fourth-order valence-corrected chi connectivity index (χ4v) is 4.39. The highest BCUT2D eigenvalue weighted by Crippen LogP contribution is 2.40. The number of nitrogens with zero attached hydrogens (tertiary/aromatic N) is 3. The summed E-state index contributed by atoms with van der Waals surface area (Å²) >= 11 is 1.61. The monoisotopic (exact) mass is 351 g/mol. The van der Waals surface area contributed by atoms with Gasteiger partial charge >= 0.3 is 0 Å². The Balaban J connectivity index is 1.65. The molecule has 2 saturated heterocycles. The van der Waals surface area contributed by atoms with Gasteiger partial charge in [0.25, 0.3) is 0 Å². The van der Waals surface area contributed by atoms with Crippen LogP contribution in [0.1, 0.15) is 36.4 Å². The third-order valence-electron chi connectivity index (χ3n) is 5.07. The van der Waals surface area contributed by atoms with Crippen molar-refractivity contribution in [2.24, 2.45) is 5.41 Å². The second-order valence-electron chi connectivity index (χ2n) is 6.78. The number of methoxy groups -OCH3 is 1. The van der Waals surface area contributed by atoms with Crippen molar-refractivity contribution in [3.05, 3.63) is 16.1 Å². The molecule has 0 aliphatic carbocycles. The maximum absolute atomic E-state index is 13.0. The summed E-state index contributed by atoms with van der Waals surface area (Å²) in [5.41, 5.74) is 0.582. The van der Waals surface area contributed by atoms with E-state index >= 15 is 0 Å². The standard InChI is InChI=1S/C17H25N3O3S/c1-13-18-14(11-24-13)10-19-8-6-17(16(19)22)5-3-7-20(12-17)15(21)4-9-23-2/h11H,3-10,12H2,1-2H3/t17-/m0/s1. The number of likely N-dealkylation sites (tertiary alicyclic amines) is 2. The Labute approximate surface area is 146 Å². The van der Waals surface area contributed by atoms with Crippen molar-refractivity contribution in [1.82, 2.24) is 14.8 Å². The molecule has 7 heteroatoms. The van der Waals surface area contributed by atoms with Gasteiger partial charge in [-0.25, -0.2) is 4.98 Å². The molecule has 1 aromatic rings. The van der Waals surface area contributed by atoms with E-state index in [2.05, 4.69) is 4.98 Å². The van der Waals surface area contributed by atoms with Crippen LogP contribution in [0.3, 0.4) is 0 Å². The van der Waals surface area contributed by atoms with Crippen LogP contribution in [0.4, 0.5) is 0 Å². The minimum absolute atomic E-state index is 0.0947. The molecule has 2 aliphatic rings. The van der Waals surface area contributed by atoms with Crippen molar-refractivity contribution in [3.8, 4) is 0 Å². The molecule has 2 fully saturated rings. The first-order valence-electron chi connectivity index (χ1n) is 8.51. The van der Waals surface area contributed by atoms with E-state index in [0.29, 0.717) is 26.1 Å². The van der Waals surface area contributed by atoms with Crippen LogP contribution in [0.2, 0.25) is 0 Å². The molecule has 0 unspecified atom stereocenters. The van der Waals surface area contributed by atoms with Gasteiger partial charge in [0.05, 0.1) is 35.7 Å². The van der Waals surface area contributed by atoms with E-state index in [4.69, 9.17) is 4.74 Å². The highest BCUT2D eigenvalue weighted by Gasteiger charge is 2.49. The molecule has 24 heavy (non-hydrogen) atoms. The molecule has 0 saturated carbocycles. The first-order chi connectivity index (χ1) is 11.5. The van der Waals surface area contributed by atoms with Crippen molar-refractivity contribution in [2.45, 2.75) is 39.2 Å². The molecular weight excluding hydrogens is 326 g/mol. The molecule has 1 spiro atoms. The fourth-order valence-electron chi connectivity index (χ4n) is 3.79. The molecule has 1 atom stereocenters. The van der Waals surface area contributed by atoms with Crippen molar-refractivity contribution in [2.75, 3.05) is 33.4 Å². The molecule has 0 aromatic carbocycles. The molecule has 3 rings (SSSR count). The van der Waals surface area contributed by atoms with Gasteiger partial charge in [-0.1, -0.05) is 0 Å². The fraction of sp³-hybridized carbons (Fsp3) is 0.706. The normalized spacial score (nSPS) is 24.2. The lowest BCUT2D eigenvalue weighted by atomic mass is 9.78. The number of carbonyl (C=O) groups is 2. The lowest BCUT2D eigenvalue weighted by molar-refractivity contribution is -0.144. The second kappa shape index (κ2) is 7.19. The average Bonchev–Trinajstić information content (AvgIpc) is 3.12. The Morgan fingerprint density at radius 2 is 2.25 bits per heavy atom. The topological polar surface area (TPSA) is 62.7 Å². The molecule has 132 valence electrons. The van der Waals surface area contributed by atoms with Gasteiger partial charge in [0.15, 0.2) is 0 Å². The minimum atomic E-state index is -0.383. The second-order valence-corrected chi connectivity index (χ2v) is 7.84. The van der Waals surface area contributed by atoms with E-state index < -0.39 is 0 Å². The van der Waals surface area contributed by atoms with E-state index in [1.807, 2.05) is 22.1 Å². The Hall–Kier alpha value is -1.47. The highest BCUT2D eigenvalue weighted by molar-refractivity contribution is 7.09. The molecule has 2 amide bonds. The Bertz CT molecular complexity index is 618. The number of amides is 2. The maximum atomic E-state index is 13.0. The van der Waals surface area contributed by atoms with Gasteiger partial charge in [0.2, 0.25) is 11.8 Å². The summed E-state index contributed by atoms with van der Waals surface area (Å²) in [6, 6.07) is 0. The smallest absolute Gasteiger partial charge is 0.231 e. The zero-order valence-corrected chi connectivity index (χ0v) is 15.2. The number of ether oxygens (including phenoxy) is 1. The highest BCUT2D eigenvalue weighted by atomic mass is 32.1. The van der Waals surface area contributed by atoms with E-state index in [-0.39, 0.29) is 17.2 Å². The van der Waals surface area contributed by atoms with E-state index in [0.717, 1.165) is 43.1 Å². The largest absolute Gasteiger partial charge is 0.384 e. The maximum Gasteiger partial charge on any atom is 0.231 e. The summed E-state index contributed by atoms with van der Waals surface area (Å²) in [5.74, 6) is 0.287. The van der Waals surface area contributed by atoms with Crippen LogP contribution in [-0.2, 0) is 20.9 Å². The summed E-state index contributed by atoms with van der Waals surface area (Å²) in [6.07, 6.45) is 3.01. The predicted molar refractivity (Wildman–Crippen MR) is 91.6 cm³/mol. The minimum Gasteiger partial charge on any atom is -0.384 e. The van der Waals surface area contributed by atoms with Crippen LogP contribution < -0.4 is 0 Å². The van der Waals surface area contributed by atoms with Gasteiger partial charge in [-0.3, -0.25) is 9.59 Å². The van der Waals surface area contributed by atoms with E-state index in [1.54, 1.807) is 18.4 Å². The van der Waals surface area contributed by atoms with Gasteiger partial charge in [-0.05, 0) is 26.2 Å². The van der Waals surface area contributed by atoms with Crippen molar-refractivity contribution >= 4 is 23.2 Å². The predicted octanol–water partition coefficient (Wildman–Crippen LogP) is 1.83. The van der Waals surface area contributed by atoms with Crippen molar-refractivity contribution < 1.29 is 14.3 Å². The number of piperidine rings is 1. The zero-order valence-electron chi connectivity index (χ0n) is 14.4. The quantitative estimate of drug-likeness (QED) is 0.812. The van der Waals surface area contributed by atoms with Crippen molar-refractivity contribution in [3.63, 3.8) is 0 Å². The third kappa shape index (κ3) is 3.47. The van der Waals surface area contributed by atoms with Crippen LogP contribution in [0.25, 0.3) is 0 Å². The molecule has 0 bridgehead atoms. The van der Waals surface area contributed by atoms with Crippen LogP contribution >= 0.6 is 11.3 Å². The number of hydrogen-bond donors (Lipinski definition) is 0. The molecule has 3 heterocycles. The first kappa shape index (κ1) is 17.4. The lowest BCUT2D eigenvalue weighted by Crippen LogP contribution is -2.49. The number of carbonyl (C=O) groups excluding carboxylic acids is 2. The summed E-state index contributed by atoms with van der Waals surface area (Å²) in [6.45, 7) is 5.07. The van der Waals surface area contributed by atoms with Gasteiger partial charge in [0.1, 0.15) is 0 Å². The first-order valence-corrected chi connectivity index (χ1v) is 9.39. The molecule has 6 nitrogen and oxygen atoms in total. The summed E-state index contributed by atoms with van der Waals surface area (Å²) in [5, 5.41) is 3.05. The number of aromatic nitrogens is 1. The Kier molecular flexibility index (Phi) is 5.20. The number of hydrogen-bond acceptors (Lipinski definition) is 5. The van der Waals surface area contributed by atoms with Crippen LogP contribution in [-0.4, -0.2) is 59.9 Å². The molecule has 2 aliphatic heterocycles. The number of aryl methyl sites for hydroxylation is 1. The van der Waals surface area contributed by atoms with E-state index in [1.165, 1.54) is 0 Å². The SMILES string of the molecule is COCCC(=O)N1CCC[C@]2(CCN(Cc3csc(C)n3)C2=O)C1. The van der Waals surface area contributed by atoms with Gasteiger partial charge in [-0.15, -0.1) is 11.3 Å². The lowest BCUT2D eigenvalue weighted by Gasteiger charge is -2.39. The van der Waals surface area contributed by atoms with Crippen LogP contribution in [0, 0.1) is 12.3 Å². The molecule has 0 N–H and O–H groups in total. The van der Waals surface area contributed by atoms with Crippen LogP contribution in [0.15, 0.2) is 5.38 Å². The third-order valence-corrected chi connectivity index (χ3v) is 5.89. The van der Waals surface area contributed by atoms with Crippen LogP contribution in [0.5, 0.6) is 0 Å². The Morgan fingerprint density at radius 1 is 1.42 bits per heavy atom. The van der Waals surface area contributed by atoms with Gasteiger partial charge < -0.3 is 14.5 Å². The molecule has 0 radical (unpaired) electrons. The number of thiazole rings is 1. The summed E-state index contributed by atoms with van der Waals surface area (Å²) in [7, 11) is 1.60. The average molecular weight is 351 g/mol. The van der Waals surface area contributed by atoms with Crippen molar-refractivity contribution in [1.29, 1.82) is 0 Å². The van der Waals surface area contributed by atoms with E-state index in [9.17, 15) is 9.59 Å². The Morgan fingerprint density at radius 3 is 2.96 bits per heavy atom. The van der Waals surface area contributed by atoms with Gasteiger partial charge in [0, 0.05) is 32.1 Å². The summed E-state index contributed by atoms with van der Waals surface area (Å²) < 4.78 is 5.00. The number of rotatable bonds is 5. The molecule has 1 aromatic heterocycles. The summed E-state index contributed by atoms with van der Waals surface area (Å²) in [4.78, 5) is 33.5. The van der Waals surface area contributed by atoms with Gasteiger partial charge in [-0.2, -0.15) is 0 Å². The molecular formula is C17H25N3O3S.